The molecule has 1 aromatic carbocycles. The van der Waals surface area contributed by atoms with Crippen LogP contribution in [0.15, 0.2) is 30.3 Å². The zero-order chi connectivity index (χ0) is 13.5. The van der Waals surface area contributed by atoms with Crippen molar-refractivity contribution >= 4 is 5.91 Å². The Morgan fingerprint density at radius 1 is 1.26 bits per heavy atom. The number of likely N-dealkylation sites (tertiary alicyclic amines) is 1. The molecule has 2 N–H and O–H groups in total. The van der Waals surface area contributed by atoms with Crippen LogP contribution in [0.4, 0.5) is 0 Å². The third-order valence-electron chi connectivity index (χ3n) is 3.86. The summed E-state index contributed by atoms with van der Waals surface area (Å²) in [4.78, 5) is 14.3. The predicted octanol–water partition coefficient (Wildman–Crippen LogP) is 2.35. The van der Waals surface area contributed by atoms with Crippen molar-refractivity contribution in [1.82, 2.24) is 4.90 Å². The third-order valence-corrected chi connectivity index (χ3v) is 3.86. The third kappa shape index (κ3) is 4.06. The molecule has 2 rings (SSSR count). The number of carbonyl (C=O) groups is 1. The molecule has 1 heterocycles. The van der Waals surface area contributed by atoms with Gasteiger partial charge >= 0.3 is 0 Å². The van der Waals surface area contributed by atoms with E-state index in [0.717, 1.165) is 38.6 Å². The Balaban J connectivity index is 1.88. The fraction of sp³-hybridized carbons (Fsp3) is 0.562. The van der Waals surface area contributed by atoms with E-state index in [0.29, 0.717) is 24.9 Å². The number of hydrogen-bond acceptors (Lipinski definition) is 2. The van der Waals surface area contributed by atoms with Crippen LogP contribution in [-0.4, -0.2) is 29.9 Å². The second-order valence-corrected chi connectivity index (χ2v) is 5.32. The van der Waals surface area contributed by atoms with Gasteiger partial charge in [0.05, 0.1) is 0 Å². The minimum Gasteiger partial charge on any atom is -0.339 e. The molecule has 1 unspecified atom stereocenters. The van der Waals surface area contributed by atoms with E-state index in [1.165, 1.54) is 5.56 Å². The molecule has 1 aliphatic rings. The molecule has 0 aliphatic carbocycles. The normalized spacial score (nSPS) is 18.8. The molecule has 0 saturated carbocycles. The van der Waals surface area contributed by atoms with Crippen molar-refractivity contribution in [3.05, 3.63) is 35.9 Å². The van der Waals surface area contributed by atoms with Crippen LogP contribution < -0.4 is 5.73 Å². The number of hydrogen-bond donors (Lipinski definition) is 1. The predicted molar refractivity (Wildman–Crippen MR) is 77.8 cm³/mol. The summed E-state index contributed by atoms with van der Waals surface area (Å²) in [5, 5.41) is 0. The highest BCUT2D eigenvalue weighted by molar-refractivity contribution is 5.76. The summed E-state index contributed by atoms with van der Waals surface area (Å²) >= 11 is 0. The lowest BCUT2D eigenvalue weighted by molar-refractivity contribution is -0.132. The Hall–Kier alpha value is -1.35. The summed E-state index contributed by atoms with van der Waals surface area (Å²) < 4.78 is 0. The van der Waals surface area contributed by atoms with E-state index in [-0.39, 0.29) is 0 Å². The molecule has 1 aromatic rings. The molecule has 3 heteroatoms. The van der Waals surface area contributed by atoms with Crippen LogP contribution in [-0.2, 0) is 11.2 Å². The van der Waals surface area contributed by atoms with E-state index in [2.05, 4.69) is 29.2 Å². The van der Waals surface area contributed by atoms with Crippen LogP contribution in [0.5, 0.6) is 0 Å². The molecular weight excluding hydrogens is 236 g/mol. The SMILES string of the molecule is NCCCCC(=O)N1CCCC1Cc1ccccc1. The second kappa shape index (κ2) is 7.29. The Morgan fingerprint density at radius 3 is 2.79 bits per heavy atom. The fourth-order valence-electron chi connectivity index (χ4n) is 2.83. The van der Waals surface area contributed by atoms with Gasteiger partial charge in [-0.05, 0) is 44.2 Å². The van der Waals surface area contributed by atoms with E-state index in [9.17, 15) is 4.79 Å². The Morgan fingerprint density at radius 2 is 2.05 bits per heavy atom. The average Bonchev–Trinajstić information content (AvgIpc) is 2.88. The van der Waals surface area contributed by atoms with Gasteiger partial charge in [-0.1, -0.05) is 30.3 Å². The first-order chi connectivity index (χ1) is 9.31. The molecule has 104 valence electrons. The maximum atomic E-state index is 12.2. The molecule has 1 aliphatic heterocycles. The van der Waals surface area contributed by atoms with Gasteiger partial charge in [-0.25, -0.2) is 0 Å². The van der Waals surface area contributed by atoms with Crippen molar-refractivity contribution in [3.8, 4) is 0 Å². The number of rotatable bonds is 6. The van der Waals surface area contributed by atoms with Crippen molar-refractivity contribution in [1.29, 1.82) is 0 Å². The highest BCUT2D eigenvalue weighted by Crippen LogP contribution is 2.22. The van der Waals surface area contributed by atoms with E-state index in [1.807, 2.05) is 6.07 Å². The maximum Gasteiger partial charge on any atom is 0.222 e. The molecular formula is C16H24N2O. The first-order valence-corrected chi connectivity index (χ1v) is 7.34. The maximum absolute atomic E-state index is 12.2. The minimum atomic E-state index is 0.312. The van der Waals surface area contributed by atoms with Gasteiger partial charge in [0.15, 0.2) is 0 Å². The fourth-order valence-corrected chi connectivity index (χ4v) is 2.83. The summed E-state index contributed by atoms with van der Waals surface area (Å²) in [6.45, 7) is 1.61. The van der Waals surface area contributed by atoms with E-state index < -0.39 is 0 Å². The van der Waals surface area contributed by atoms with E-state index in [1.54, 1.807) is 0 Å². The highest BCUT2D eigenvalue weighted by Gasteiger charge is 2.27. The van der Waals surface area contributed by atoms with Crippen molar-refractivity contribution < 1.29 is 4.79 Å². The number of unbranched alkanes of at least 4 members (excludes halogenated alkanes) is 1. The lowest BCUT2D eigenvalue weighted by atomic mass is 10.0. The topological polar surface area (TPSA) is 46.3 Å². The number of nitrogens with two attached hydrogens (primary N) is 1. The second-order valence-electron chi connectivity index (χ2n) is 5.32. The zero-order valence-corrected chi connectivity index (χ0v) is 11.6. The number of nitrogens with zero attached hydrogens (tertiary/aromatic N) is 1. The molecule has 0 spiro atoms. The number of carbonyl (C=O) groups excluding carboxylic acids is 1. The van der Waals surface area contributed by atoms with Gasteiger partial charge in [0.1, 0.15) is 0 Å². The lowest BCUT2D eigenvalue weighted by Crippen LogP contribution is -2.36. The van der Waals surface area contributed by atoms with E-state index in [4.69, 9.17) is 5.73 Å². The Bertz CT molecular complexity index is 391. The molecule has 3 nitrogen and oxygen atoms in total. The quantitative estimate of drug-likeness (QED) is 0.798. The van der Waals surface area contributed by atoms with Gasteiger partial charge in [0.2, 0.25) is 5.91 Å². The smallest absolute Gasteiger partial charge is 0.222 e. The molecule has 1 fully saturated rings. The summed E-state index contributed by atoms with van der Waals surface area (Å²) in [5.41, 5.74) is 6.80. The van der Waals surface area contributed by atoms with Gasteiger partial charge in [-0.15, -0.1) is 0 Å². The molecule has 1 amide bonds. The summed E-state index contributed by atoms with van der Waals surface area (Å²) in [6.07, 6.45) is 5.79. The van der Waals surface area contributed by atoms with Gasteiger partial charge in [0.25, 0.3) is 0 Å². The van der Waals surface area contributed by atoms with Crippen molar-refractivity contribution in [3.63, 3.8) is 0 Å². The summed E-state index contributed by atoms with van der Waals surface area (Å²) in [6, 6.07) is 10.9. The van der Waals surface area contributed by atoms with Crippen LogP contribution in [0.3, 0.4) is 0 Å². The zero-order valence-electron chi connectivity index (χ0n) is 11.6. The standard InChI is InChI=1S/C16H24N2O/c17-11-5-4-10-16(19)18-12-6-9-15(18)13-14-7-2-1-3-8-14/h1-3,7-8,15H,4-6,9-13,17H2. The molecule has 0 aromatic heterocycles. The molecule has 1 saturated heterocycles. The van der Waals surface area contributed by atoms with Crippen molar-refractivity contribution in [2.24, 2.45) is 5.73 Å². The Labute approximate surface area is 115 Å². The Kier molecular flexibility index (Phi) is 5.40. The molecule has 19 heavy (non-hydrogen) atoms. The molecule has 0 bridgehead atoms. The first kappa shape index (κ1) is 14.1. The number of amides is 1. The summed E-state index contributed by atoms with van der Waals surface area (Å²) in [5.74, 6) is 0.312. The minimum absolute atomic E-state index is 0.312. The van der Waals surface area contributed by atoms with Crippen LogP contribution in [0.1, 0.15) is 37.7 Å². The lowest BCUT2D eigenvalue weighted by Gasteiger charge is -2.25. The first-order valence-electron chi connectivity index (χ1n) is 7.34. The van der Waals surface area contributed by atoms with Crippen molar-refractivity contribution in [2.75, 3.05) is 13.1 Å². The van der Waals surface area contributed by atoms with Gasteiger partial charge in [-0.3, -0.25) is 4.79 Å². The van der Waals surface area contributed by atoms with Gasteiger partial charge < -0.3 is 10.6 Å². The van der Waals surface area contributed by atoms with Crippen LogP contribution in [0.25, 0.3) is 0 Å². The summed E-state index contributed by atoms with van der Waals surface area (Å²) in [7, 11) is 0. The van der Waals surface area contributed by atoms with Gasteiger partial charge in [0, 0.05) is 19.0 Å². The monoisotopic (exact) mass is 260 g/mol. The van der Waals surface area contributed by atoms with Crippen molar-refractivity contribution in [2.45, 2.75) is 44.6 Å². The molecule has 0 radical (unpaired) electrons. The molecule has 1 atom stereocenters. The highest BCUT2D eigenvalue weighted by atomic mass is 16.2. The van der Waals surface area contributed by atoms with Gasteiger partial charge in [-0.2, -0.15) is 0 Å². The van der Waals surface area contributed by atoms with E-state index >= 15 is 0 Å². The average molecular weight is 260 g/mol. The van der Waals surface area contributed by atoms with Crippen LogP contribution in [0.2, 0.25) is 0 Å². The van der Waals surface area contributed by atoms with Crippen LogP contribution >= 0.6 is 0 Å². The largest absolute Gasteiger partial charge is 0.339 e. The number of benzene rings is 1. The van der Waals surface area contributed by atoms with Crippen LogP contribution in [0, 0.1) is 0 Å².